The minimum atomic E-state index is -2.11. The van der Waals surface area contributed by atoms with Crippen LogP contribution in [0.5, 0.6) is 0 Å². The molecule has 1 fully saturated rings. The molecule has 1 saturated carbocycles. The van der Waals surface area contributed by atoms with Crippen LogP contribution in [-0.4, -0.2) is 66.3 Å². The van der Waals surface area contributed by atoms with Crippen LogP contribution in [0.25, 0.3) is 0 Å². The third kappa shape index (κ3) is 10.6. The summed E-state index contributed by atoms with van der Waals surface area (Å²) in [4.78, 5) is 12.3. The van der Waals surface area contributed by atoms with Gasteiger partial charge >= 0.3 is 5.97 Å². The smallest absolute Gasteiger partial charge is 0.333 e. The maximum atomic E-state index is 12.3. The van der Waals surface area contributed by atoms with E-state index in [2.05, 4.69) is 81.6 Å². The second-order valence-electron chi connectivity index (χ2n) is 15.5. The minimum Gasteiger partial charge on any atom is -0.466 e. The van der Waals surface area contributed by atoms with Crippen LogP contribution in [0.15, 0.2) is 11.6 Å². The number of ether oxygens (including phenoxy) is 2. The molecule has 7 atom stereocenters. The first-order valence-electron chi connectivity index (χ1n) is 15.4. The molecule has 6 nitrogen and oxygen atoms in total. The fourth-order valence-corrected chi connectivity index (χ4v) is 8.04. The predicted molar refractivity (Wildman–Crippen MR) is 172 cm³/mol. The number of aliphatic hydroxyl groups is 1. The van der Waals surface area contributed by atoms with Crippen molar-refractivity contribution >= 4 is 22.6 Å². The Morgan fingerprint density at radius 1 is 0.925 bits per heavy atom. The quantitative estimate of drug-likeness (QED) is 0.131. The molecule has 0 unspecified atom stereocenters. The summed E-state index contributed by atoms with van der Waals surface area (Å²) in [6.07, 6.45) is 5.99. The molecule has 1 rings (SSSR count). The topological polar surface area (TPSA) is 74.2 Å². The van der Waals surface area contributed by atoms with Gasteiger partial charge in [-0.2, -0.15) is 0 Å². The van der Waals surface area contributed by atoms with E-state index in [4.69, 9.17) is 18.3 Å². The molecule has 0 aliphatic heterocycles. The van der Waals surface area contributed by atoms with Crippen LogP contribution in [0.4, 0.5) is 0 Å². The van der Waals surface area contributed by atoms with Crippen molar-refractivity contribution < 1.29 is 28.2 Å². The van der Waals surface area contributed by atoms with Crippen molar-refractivity contribution in [2.24, 2.45) is 17.8 Å². The third-order valence-electron chi connectivity index (χ3n) is 10.1. The average molecular weight is 601 g/mol. The lowest BCUT2D eigenvalue weighted by atomic mass is 9.78. The maximum Gasteiger partial charge on any atom is 0.333 e. The van der Waals surface area contributed by atoms with Crippen molar-refractivity contribution in [1.82, 2.24) is 0 Å². The SMILES string of the molecule is COC(=O)/C(C)=C/[C@@H](C)[C@H](C[C@H](O[Si](C)(C)C(C)(C)C)[C@H](C)C[C@@H]1CC[C@@H](O)[C@H](OC)C1)O[Si](C)(C)C(C)(C)C. The zero-order valence-corrected chi connectivity index (χ0v) is 30.6. The molecule has 0 aromatic heterocycles. The summed E-state index contributed by atoms with van der Waals surface area (Å²) in [7, 11) is -1.06. The number of hydrogen-bond acceptors (Lipinski definition) is 6. The fraction of sp³-hybridized carbons (Fsp3) is 0.906. The summed E-state index contributed by atoms with van der Waals surface area (Å²) < 4.78 is 24.9. The number of hydrogen-bond donors (Lipinski definition) is 1. The first-order valence-corrected chi connectivity index (χ1v) is 21.2. The molecule has 0 amide bonds. The van der Waals surface area contributed by atoms with E-state index in [1.54, 1.807) is 7.11 Å². The first kappa shape index (κ1) is 37.5. The largest absolute Gasteiger partial charge is 0.466 e. The number of rotatable bonds is 13. The van der Waals surface area contributed by atoms with Gasteiger partial charge in [0.1, 0.15) is 0 Å². The zero-order chi connectivity index (χ0) is 31.3. The second kappa shape index (κ2) is 14.8. The van der Waals surface area contributed by atoms with Gasteiger partial charge in [0.2, 0.25) is 0 Å². The standard InChI is InChI=1S/C32H64O6Si2/c1-22(18-24(3)30(34)36-11)27(37-39(12,13)31(4,5)6)21-28(38-40(14,15)32(7,8)9)23(2)19-25-16-17-26(33)29(20-25)35-10/h18,22-23,25-29,33H,16-17,19-21H2,1-15H3/b24-18+/t22-,23-,25+,26-,27+,28+,29-/m1/s1. The van der Waals surface area contributed by atoms with Crippen LogP contribution in [-0.2, 0) is 23.1 Å². The van der Waals surface area contributed by atoms with Crippen molar-refractivity contribution in [1.29, 1.82) is 0 Å². The molecule has 236 valence electrons. The van der Waals surface area contributed by atoms with Crippen molar-refractivity contribution in [2.45, 2.75) is 155 Å². The molecule has 0 saturated heterocycles. The van der Waals surface area contributed by atoms with Gasteiger partial charge < -0.3 is 23.4 Å². The van der Waals surface area contributed by atoms with E-state index in [0.717, 1.165) is 32.1 Å². The molecule has 8 heteroatoms. The number of carbonyl (C=O) groups excluding carboxylic acids is 1. The Labute approximate surface area is 249 Å². The first-order chi connectivity index (χ1) is 18.1. The van der Waals surface area contributed by atoms with E-state index in [1.165, 1.54) is 7.11 Å². The van der Waals surface area contributed by atoms with E-state index < -0.39 is 16.6 Å². The number of methoxy groups -OCH3 is 2. The summed E-state index contributed by atoms with van der Waals surface area (Å²) in [5.74, 6) is 0.531. The molecule has 0 bridgehead atoms. The molecule has 1 aliphatic rings. The predicted octanol–water partition coefficient (Wildman–Crippen LogP) is 8.11. The van der Waals surface area contributed by atoms with E-state index >= 15 is 0 Å². The lowest BCUT2D eigenvalue weighted by Crippen LogP contribution is -2.50. The molecule has 0 spiro atoms. The van der Waals surface area contributed by atoms with Gasteiger partial charge in [0.15, 0.2) is 16.6 Å². The lowest BCUT2D eigenvalue weighted by Gasteiger charge is -2.45. The van der Waals surface area contributed by atoms with Gasteiger partial charge in [-0.3, -0.25) is 0 Å². The van der Waals surface area contributed by atoms with Crippen LogP contribution >= 0.6 is 0 Å². The highest BCUT2D eigenvalue weighted by Gasteiger charge is 2.44. The Bertz CT molecular complexity index is 826. The molecular formula is C32H64O6Si2. The van der Waals surface area contributed by atoms with Crippen molar-refractivity contribution in [2.75, 3.05) is 14.2 Å². The van der Waals surface area contributed by atoms with E-state index in [0.29, 0.717) is 17.4 Å². The van der Waals surface area contributed by atoms with Crippen LogP contribution in [0.2, 0.25) is 36.3 Å². The Kier molecular flexibility index (Phi) is 13.9. The highest BCUT2D eigenvalue weighted by molar-refractivity contribution is 6.74. The van der Waals surface area contributed by atoms with Crippen LogP contribution in [0.1, 0.15) is 94.4 Å². The number of carbonyl (C=O) groups is 1. The Morgan fingerprint density at radius 3 is 1.88 bits per heavy atom. The van der Waals surface area contributed by atoms with Crippen molar-refractivity contribution in [3.05, 3.63) is 11.6 Å². The number of esters is 1. The summed E-state index contributed by atoms with van der Waals surface area (Å²) in [5, 5.41) is 10.5. The monoisotopic (exact) mass is 600 g/mol. The Morgan fingerprint density at radius 2 is 1.43 bits per heavy atom. The van der Waals surface area contributed by atoms with E-state index in [-0.39, 0.29) is 46.4 Å². The van der Waals surface area contributed by atoms with Gasteiger partial charge in [-0.05, 0) is 93.0 Å². The Balaban J connectivity index is 3.42. The summed E-state index contributed by atoms with van der Waals surface area (Å²) in [6.45, 7) is 29.3. The second-order valence-corrected chi connectivity index (χ2v) is 25.0. The highest BCUT2D eigenvalue weighted by atomic mass is 28.4. The molecule has 1 N–H and O–H groups in total. The molecule has 0 radical (unpaired) electrons. The van der Waals surface area contributed by atoms with Gasteiger partial charge in [-0.25, -0.2) is 4.79 Å². The molecule has 0 aromatic carbocycles. The maximum absolute atomic E-state index is 12.3. The molecule has 0 aromatic rings. The van der Waals surface area contributed by atoms with Crippen molar-refractivity contribution in [3.8, 4) is 0 Å². The Hall–Kier alpha value is -0.516. The summed E-state index contributed by atoms with van der Waals surface area (Å²) in [6, 6.07) is 0. The summed E-state index contributed by atoms with van der Waals surface area (Å²) in [5.41, 5.74) is 0.611. The van der Waals surface area contributed by atoms with Crippen molar-refractivity contribution in [3.63, 3.8) is 0 Å². The normalized spacial score (nSPS) is 24.8. The molecule has 0 heterocycles. The molecule has 1 aliphatic carbocycles. The molecular weight excluding hydrogens is 537 g/mol. The molecule has 40 heavy (non-hydrogen) atoms. The zero-order valence-electron chi connectivity index (χ0n) is 28.6. The minimum absolute atomic E-state index is 0.0219. The van der Waals surface area contributed by atoms with Gasteiger partial charge in [0, 0.05) is 12.7 Å². The third-order valence-corrected chi connectivity index (χ3v) is 19.1. The summed E-state index contributed by atoms with van der Waals surface area (Å²) >= 11 is 0. The van der Waals surface area contributed by atoms with Crippen LogP contribution < -0.4 is 0 Å². The van der Waals surface area contributed by atoms with E-state index in [1.807, 2.05) is 13.0 Å². The lowest BCUT2D eigenvalue weighted by molar-refractivity contribution is -0.136. The van der Waals surface area contributed by atoms with Crippen LogP contribution in [0.3, 0.4) is 0 Å². The number of aliphatic hydroxyl groups excluding tert-OH is 1. The van der Waals surface area contributed by atoms with Gasteiger partial charge in [0.05, 0.1) is 31.5 Å². The fourth-order valence-electron chi connectivity index (χ4n) is 5.18. The van der Waals surface area contributed by atoms with Crippen LogP contribution in [0, 0.1) is 17.8 Å². The average Bonchev–Trinajstić information content (AvgIpc) is 2.81. The van der Waals surface area contributed by atoms with Gasteiger partial charge in [0.25, 0.3) is 0 Å². The van der Waals surface area contributed by atoms with E-state index in [9.17, 15) is 9.90 Å². The van der Waals surface area contributed by atoms with Gasteiger partial charge in [-0.15, -0.1) is 0 Å². The van der Waals surface area contributed by atoms with Gasteiger partial charge in [-0.1, -0.05) is 61.5 Å². The highest BCUT2D eigenvalue weighted by Crippen LogP contribution is 2.43.